The first-order chi connectivity index (χ1) is 12.1. The quantitative estimate of drug-likeness (QED) is 0.594. The fourth-order valence-corrected chi connectivity index (χ4v) is 3.64. The fourth-order valence-electron chi connectivity index (χ4n) is 2.54. The van der Waals surface area contributed by atoms with E-state index in [4.69, 9.17) is 0 Å². The number of nitrogens with one attached hydrogen (secondary N) is 3. The average molecular weight is 363 g/mol. The molecule has 25 heavy (non-hydrogen) atoms. The Morgan fingerprint density at radius 3 is 2.84 bits per heavy atom. The predicted molar refractivity (Wildman–Crippen MR) is 100 cm³/mol. The van der Waals surface area contributed by atoms with E-state index in [2.05, 4.69) is 30.9 Å². The molecule has 0 spiro atoms. The van der Waals surface area contributed by atoms with Gasteiger partial charge in [-0.1, -0.05) is 11.8 Å². The number of carbonyl (C=O) groups excluding carboxylic acids is 1. The molecule has 8 heteroatoms. The molecule has 2 atom stereocenters. The van der Waals surface area contributed by atoms with Crippen LogP contribution in [-0.4, -0.2) is 52.0 Å². The number of carbonyl (C=O) groups is 1. The van der Waals surface area contributed by atoms with E-state index in [9.17, 15) is 4.79 Å². The highest BCUT2D eigenvalue weighted by Crippen LogP contribution is 2.27. The summed E-state index contributed by atoms with van der Waals surface area (Å²) in [5.74, 6) is 0.886. The van der Waals surface area contributed by atoms with Crippen molar-refractivity contribution in [3.05, 3.63) is 23.8 Å². The summed E-state index contributed by atoms with van der Waals surface area (Å²) in [6, 6.07) is -0.0315. The van der Waals surface area contributed by atoms with Crippen molar-refractivity contribution in [1.82, 2.24) is 25.9 Å². The van der Waals surface area contributed by atoms with Gasteiger partial charge < -0.3 is 16.0 Å². The molecule has 1 aliphatic carbocycles. The maximum atomic E-state index is 12.4. The summed E-state index contributed by atoms with van der Waals surface area (Å²) < 4.78 is 0. The summed E-state index contributed by atoms with van der Waals surface area (Å²) in [5, 5.41) is 10.4. The smallest absolute Gasteiger partial charge is 0.236 e. The van der Waals surface area contributed by atoms with Crippen molar-refractivity contribution in [2.75, 3.05) is 19.6 Å². The minimum absolute atomic E-state index is 0.00715. The van der Waals surface area contributed by atoms with Gasteiger partial charge in [-0.05, 0) is 39.2 Å². The zero-order valence-corrected chi connectivity index (χ0v) is 15.6. The Balaban J connectivity index is 1.36. The Kier molecular flexibility index (Phi) is 6.25. The second-order valence-electron chi connectivity index (χ2n) is 6.65. The highest BCUT2D eigenvalue weighted by Gasteiger charge is 2.32. The molecule has 1 saturated carbocycles. The first kappa shape index (κ1) is 18.1. The van der Waals surface area contributed by atoms with E-state index in [1.54, 1.807) is 12.4 Å². The summed E-state index contributed by atoms with van der Waals surface area (Å²) in [6.45, 7) is 7.13. The third-order valence-corrected chi connectivity index (χ3v) is 5.58. The van der Waals surface area contributed by atoms with Crippen LogP contribution in [0.3, 0.4) is 0 Å². The Morgan fingerprint density at radius 2 is 2.12 bits per heavy atom. The molecule has 1 aromatic heterocycles. The second kappa shape index (κ2) is 8.62. The number of rotatable bonds is 8. The molecular formula is C17H26N6OS. The number of aliphatic imine (C=N–C) groups is 1. The number of amidine groups is 1. The Bertz CT molecular complexity index is 616. The molecule has 2 unspecified atom stereocenters. The van der Waals surface area contributed by atoms with Gasteiger partial charge in [-0.25, -0.2) is 0 Å². The number of aryl methyl sites for hydroxylation is 1. The SMILES string of the molecule is Cc1cnc(CNC(=O)C2SC(NCCNCC3CC3)=NC2C)cn1. The van der Waals surface area contributed by atoms with Gasteiger partial charge in [-0.3, -0.25) is 19.8 Å². The van der Waals surface area contributed by atoms with Crippen LogP contribution < -0.4 is 16.0 Å². The van der Waals surface area contributed by atoms with E-state index in [0.29, 0.717) is 6.54 Å². The van der Waals surface area contributed by atoms with E-state index in [-0.39, 0.29) is 17.2 Å². The molecule has 2 aliphatic rings. The van der Waals surface area contributed by atoms with E-state index < -0.39 is 0 Å². The number of nitrogens with zero attached hydrogens (tertiary/aromatic N) is 3. The molecule has 1 fully saturated rings. The molecule has 1 aromatic rings. The first-order valence-corrected chi connectivity index (χ1v) is 9.74. The normalized spacial score (nSPS) is 22.6. The Labute approximate surface area is 152 Å². The minimum atomic E-state index is -0.194. The molecule has 1 amide bonds. The average Bonchev–Trinajstić information content (AvgIpc) is 3.35. The van der Waals surface area contributed by atoms with E-state index in [0.717, 1.165) is 42.1 Å². The lowest BCUT2D eigenvalue weighted by molar-refractivity contribution is -0.120. The van der Waals surface area contributed by atoms with E-state index >= 15 is 0 Å². The van der Waals surface area contributed by atoms with Crippen molar-refractivity contribution >= 4 is 22.8 Å². The number of amides is 1. The van der Waals surface area contributed by atoms with Gasteiger partial charge in [0.1, 0.15) is 5.25 Å². The standard InChI is InChI=1S/C17H26N6OS/c1-11-7-21-14(9-20-11)10-22-16(24)15-12(2)23-17(25-15)19-6-5-18-8-13-3-4-13/h7,9,12-13,15,18H,3-6,8,10H2,1-2H3,(H,19,23)(H,22,24). The van der Waals surface area contributed by atoms with Crippen LogP contribution in [0.1, 0.15) is 31.2 Å². The summed E-state index contributed by atoms with van der Waals surface area (Å²) >= 11 is 1.50. The van der Waals surface area contributed by atoms with Crippen molar-refractivity contribution in [3.8, 4) is 0 Å². The molecule has 2 heterocycles. The number of aromatic nitrogens is 2. The summed E-state index contributed by atoms with van der Waals surface area (Å²) in [4.78, 5) is 25.4. The van der Waals surface area contributed by atoms with Crippen molar-refractivity contribution in [3.63, 3.8) is 0 Å². The van der Waals surface area contributed by atoms with Gasteiger partial charge in [0, 0.05) is 19.3 Å². The first-order valence-electron chi connectivity index (χ1n) is 8.86. The highest BCUT2D eigenvalue weighted by atomic mass is 32.2. The molecule has 0 radical (unpaired) electrons. The number of thioether (sulfide) groups is 1. The maximum absolute atomic E-state index is 12.4. The van der Waals surface area contributed by atoms with Crippen LogP contribution in [0.5, 0.6) is 0 Å². The zero-order valence-electron chi connectivity index (χ0n) is 14.8. The summed E-state index contributed by atoms with van der Waals surface area (Å²) in [6.07, 6.45) is 6.13. The van der Waals surface area contributed by atoms with Crippen LogP contribution in [0, 0.1) is 12.8 Å². The zero-order chi connectivity index (χ0) is 17.6. The van der Waals surface area contributed by atoms with Crippen LogP contribution in [0.25, 0.3) is 0 Å². The van der Waals surface area contributed by atoms with Crippen LogP contribution in [0.2, 0.25) is 0 Å². The monoisotopic (exact) mass is 362 g/mol. The molecule has 0 aromatic carbocycles. The van der Waals surface area contributed by atoms with Gasteiger partial charge >= 0.3 is 0 Å². The molecule has 3 rings (SSSR count). The summed E-state index contributed by atoms with van der Waals surface area (Å²) in [7, 11) is 0. The maximum Gasteiger partial charge on any atom is 0.236 e. The van der Waals surface area contributed by atoms with Crippen LogP contribution in [0.4, 0.5) is 0 Å². The third kappa shape index (κ3) is 5.67. The van der Waals surface area contributed by atoms with Gasteiger partial charge in [0.2, 0.25) is 5.91 Å². The molecular weight excluding hydrogens is 336 g/mol. The highest BCUT2D eigenvalue weighted by molar-refractivity contribution is 8.15. The second-order valence-corrected chi connectivity index (χ2v) is 7.78. The lowest BCUT2D eigenvalue weighted by atomic mass is 10.2. The lowest BCUT2D eigenvalue weighted by Gasteiger charge is -2.13. The van der Waals surface area contributed by atoms with Gasteiger partial charge in [0.05, 0.1) is 30.2 Å². The van der Waals surface area contributed by atoms with Gasteiger partial charge in [-0.2, -0.15) is 0 Å². The van der Waals surface area contributed by atoms with Gasteiger partial charge in [0.15, 0.2) is 5.17 Å². The fraction of sp³-hybridized carbons (Fsp3) is 0.647. The lowest BCUT2D eigenvalue weighted by Crippen LogP contribution is -2.37. The molecule has 0 bridgehead atoms. The van der Waals surface area contributed by atoms with Crippen LogP contribution in [-0.2, 0) is 11.3 Å². The van der Waals surface area contributed by atoms with Crippen molar-refractivity contribution in [1.29, 1.82) is 0 Å². The summed E-state index contributed by atoms with van der Waals surface area (Å²) in [5.41, 5.74) is 1.63. The van der Waals surface area contributed by atoms with E-state index in [1.165, 1.54) is 24.6 Å². The third-order valence-electron chi connectivity index (χ3n) is 4.24. The molecule has 7 nitrogen and oxygen atoms in total. The molecule has 0 saturated heterocycles. The number of hydrogen-bond acceptors (Lipinski definition) is 7. The molecule has 136 valence electrons. The van der Waals surface area contributed by atoms with Crippen LogP contribution >= 0.6 is 11.8 Å². The van der Waals surface area contributed by atoms with Crippen molar-refractivity contribution in [2.24, 2.45) is 10.9 Å². The largest absolute Gasteiger partial charge is 0.364 e. The molecule has 1 aliphatic heterocycles. The Hall–Kier alpha value is -1.67. The van der Waals surface area contributed by atoms with E-state index in [1.807, 2.05) is 13.8 Å². The van der Waals surface area contributed by atoms with Gasteiger partial charge in [0.25, 0.3) is 0 Å². The van der Waals surface area contributed by atoms with Crippen molar-refractivity contribution < 1.29 is 4.79 Å². The Morgan fingerprint density at radius 1 is 1.28 bits per heavy atom. The van der Waals surface area contributed by atoms with Crippen molar-refractivity contribution in [2.45, 2.75) is 44.5 Å². The minimum Gasteiger partial charge on any atom is -0.364 e. The van der Waals surface area contributed by atoms with Crippen LogP contribution in [0.15, 0.2) is 17.4 Å². The molecule has 3 N–H and O–H groups in total. The topological polar surface area (TPSA) is 91.3 Å². The van der Waals surface area contributed by atoms with Gasteiger partial charge in [-0.15, -0.1) is 0 Å². The number of hydrogen-bond donors (Lipinski definition) is 3. The predicted octanol–water partition coefficient (Wildman–Crippen LogP) is 0.850.